The van der Waals surface area contributed by atoms with Gasteiger partial charge in [0.05, 0.1) is 10.8 Å². The lowest BCUT2D eigenvalue weighted by atomic mass is 10.1. The minimum atomic E-state index is -0.441. The van der Waals surface area contributed by atoms with Crippen molar-refractivity contribution in [3.63, 3.8) is 0 Å². The van der Waals surface area contributed by atoms with Crippen LogP contribution in [0.3, 0.4) is 0 Å². The van der Waals surface area contributed by atoms with Crippen molar-refractivity contribution in [1.29, 1.82) is 0 Å². The Morgan fingerprint density at radius 1 is 1.14 bits per heavy atom. The highest BCUT2D eigenvalue weighted by Gasteiger charge is 2.11. The molecule has 0 aliphatic rings. The van der Waals surface area contributed by atoms with Gasteiger partial charge in [0.15, 0.2) is 0 Å². The topological polar surface area (TPSA) is 52.4 Å². The molecule has 0 aliphatic heterocycles. The average molecular weight is 306 g/mol. The molecule has 0 saturated carbocycles. The van der Waals surface area contributed by atoms with Gasteiger partial charge >= 0.3 is 0 Å². The molecule has 0 heterocycles. The molecule has 0 aromatic heterocycles. The van der Waals surface area contributed by atoms with E-state index in [1.54, 1.807) is 6.07 Å². The zero-order chi connectivity index (χ0) is 15.4. The molecule has 0 amide bonds. The summed E-state index contributed by atoms with van der Waals surface area (Å²) in [5.41, 5.74) is 4.13. The lowest BCUT2D eigenvalue weighted by Gasteiger charge is -2.11. The molecule has 0 atom stereocenters. The number of benzene rings is 2. The molecule has 21 heavy (non-hydrogen) atoms. The van der Waals surface area contributed by atoms with Crippen molar-refractivity contribution in [2.24, 2.45) is 0 Å². The lowest BCUT2D eigenvalue weighted by molar-refractivity contribution is -0.384. The summed E-state index contributed by atoms with van der Waals surface area (Å²) in [6.45, 7) is 4.51. The highest BCUT2D eigenvalue weighted by atomic mass is 35.5. The molecular weight excluding hydrogens is 290 g/mol. The molecule has 0 N–H and O–H groups in total. The Balaban J connectivity index is 2.15. The Hall–Kier alpha value is -2.07. The summed E-state index contributed by atoms with van der Waals surface area (Å²) in [4.78, 5) is 10.3. The van der Waals surface area contributed by atoms with E-state index in [0.717, 1.165) is 5.56 Å². The van der Waals surface area contributed by atoms with Crippen LogP contribution in [0.25, 0.3) is 0 Å². The van der Waals surface area contributed by atoms with Gasteiger partial charge in [0, 0.05) is 17.7 Å². The van der Waals surface area contributed by atoms with Gasteiger partial charge in [0.2, 0.25) is 0 Å². The van der Waals surface area contributed by atoms with Crippen LogP contribution in [-0.4, -0.2) is 4.92 Å². The summed E-state index contributed by atoms with van der Waals surface area (Å²) >= 11 is 5.83. The van der Waals surface area contributed by atoms with Crippen LogP contribution in [0.15, 0.2) is 36.4 Å². The number of rotatable bonds is 5. The van der Waals surface area contributed by atoms with Gasteiger partial charge in [0.1, 0.15) is 12.4 Å². The lowest BCUT2D eigenvalue weighted by Crippen LogP contribution is -1.99. The van der Waals surface area contributed by atoms with E-state index in [4.69, 9.17) is 16.3 Å². The van der Waals surface area contributed by atoms with Crippen molar-refractivity contribution in [3.8, 4) is 5.75 Å². The van der Waals surface area contributed by atoms with E-state index in [0.29, 0.717) is 17.9 Å². The van der Waals surface area contributed by atoms with Crippen LogP contribution < -0.4 is 4.74 Å². The molecule has 4 nitrogen and oxygen atoms in total. The van der Waals surface area contributed by atoms with Gasteiger partial charge in [-0.25, -0.2) is 0 Å². The molecule has 2 aromatic rings. The smallest absolute Gasteiger partial charge is 0.270 e. The van der Waals surface area contributed by atoms with Crippen LogP contribution in [0.1, 0.15) is 22.3 Å². The van der Waals surface area contributed by atoms with Crippen LogP contribution in [-0.2, 0) is 12.5 Å². The van der Waals surface area contributed by atoms with E-state index < -0.39 is 4.92 Å². The van der Waals surface area contributed by atoms with Gasteiger partial charge in [0.25, 0.3) is 5.69 Å². The second kappa shape index (κ2) is 6.59. The van der Waals surface area contributed by atoms with Crippen LogP contribution in [0.4, 0.5) is 5.69 Å². The fourth-order valence-corrected chi connectivity index (χ4v) is 2.19. The maximum absolute atomic E-state index is 10.8. The van der Waals surface area contributed by atoms with E-state index in [1.165, 1.54) is 23.3 Å². The van der Waals surface area contributed by atoms with Crippen molar-refractivity contribution < 1.29 is 9.66 Å². The third-order valence-electron chi connectivity index (χ3n) is 3.36. The second-order valence-electron chi connectivity index (χ2n) is 4.89. The Morgan fingerprint density at radius 2 is 1.90 bits per heavy atom. The molecule has 0 radical (unpaired) electrons. The molecule has 2 rings (SSSR count). The number of nitrogens with zero attached hydrogens (tertiary/aromatic N) is 1. The first-order chi connectivity index (χ1) is 10.0. The van der Waals surface area contributed by atoms with Crippen molar-refractivity contribution in [1.82, 2.24) is 0 Å². The predicted octanol–water partition coefficient (Wildman–Crippen LogP) is 4.53. The first-order valence-corrected chi connectivity index (χ1v) is 7.07. The molecule has 2 aromatic carbocycles. The quantitative estimate of drug-likeness (QED) is 0.463. The molecule has 0 fully saturated rings. The van der Waals surface area contributed by atoms with Crippen LogP contribution in [0, 0.1) is 24.0 Å². The number of nitro benzene ring substituents is 1. The Morgan fingerprint density at radius 3 is 2.52 bits per heavy atom. The van der Waals surface area contributed by atoms with Gasteiger partial charge in [-0.2, -0.15) is 0 Å². The fraction of sp³-hybridized carbons (Fsp3) is 0.250. The summed E-state index contributed by atoms with van der Waals surface area (Å²) in [5, 5.41) is 10.8. The number of hydrogen-bond acceptors (Lipinski definition) is 3. The Labute approximate surface area is 128 Å². The van der Waals surface area contributed by atoms with Crippen molar-refractivity contribution >= 4 is 17.3 Å². The third-order valence-corrected chi connectivity index (χ3v) is 3.65. The molecule has 5 heteroatoms. The highest BCUT2D eigenvalue weighted by molar-refractivity contribution is 6.17. The normalized spacial score (nSPS) is 10.4. The van der Waals surface area contributed by atoms with E-state index in [9.17, 15) is 10.1 Å². The number of non-ortho nitro benzene ring substituents is 1. The molecule has 0 unspecified atom stereocenters. The number of alkyl halides is 1. The van der Waals surface area contributed by atoms with Gasteiger partial charge in [-0.15, -0.1) is 11.6 Å². The van der Waals surface area contributed by atoms with E-state index >= 15 is 0 Å². The van der Waals surface area contributed by atoms with Crippen molar-refractivity contribution in [3.05, 3.63) is 68.8 Å². The number of hydrogen-bond donors (Lipinski definition) is 0. The highest BCUT2D eigenvalue weighted by Crippen LogP contribution is 2.26. The maximum Gasteiger partial charge on any atom is 0.270 e. The Kier molecular flexibility index (Phi) is 4.81. The summed E-state index contributed by atoms with van der Waals surface area (Å²) in [7, 11) is 0. The van der Waals surface area contributed by atoms with Crippen LogP contribution in [0.2, 0.25) is 0 Å². The molecule has 110 valence electrons. The predicted molar refractivity (Wildman–Crippen MR) is 82.9 cm³/mol. The standard InChI is InChI=1S/C16H16ClNO3/c1-11-3-4-13(7-12(11)2)10-21-16-6-5-15(18(19)20)8-14(16)9-17/h3-8H,9-10H2,1-2H3. The van der Waals surface area contributed by atoms with E-state index in [2.05, 4.69) is 19.9 Å². The summed E-state index contributed by atoms with van der Waals surface area (Å²) in [6, 6.07) is 10.6. The van der Waals surface area contributed by atoms with Crippen LogP contribution in [0.5, 0.6) is 5.75 Å². The Bertz CT molecular complexity index is 671. The maximum atomic E-state index is 10.8. The SMILES string of the molecule is Cc1ccc(COc2ccc([N+](=O)[O-])cc2CCl)cc1C. The number of nitro groups is 1. The largest absolute Gasteiger partial charge is 0.489 e. The summed E-state index contributed by atoms with van der Waals surface area (Å²) < 4.78 is 5.74. The molecular formula is C16H16ClNO3. The van der Waals surface area contributed by atoms with Crippen molar-refractivity contribution in [2.75, 3.05) is 0 Å². The minimum Gasteiger partial charge on any atom is -0.489 e. The van der Waals surface area contributed by atoms with Gasteiger partial charge in [-0.1, -0.05) is 18.2 Å². The minimum absolute atomic E-state index is 0.0178. The summed E-state index contributed by atoms with van der Waals surface area (Å²) in [5.74, 6) is 0.748. The monoisotopic (exact) mass is 305 g/mol. The zero-order valence-electron chi connectivity index (χ0n) is 11.9. The zero-order valence-corrected chi connectivity index (χ0v) is 12.7. The molecule has 0 saturated heterocycles. The van der Waals surface area contributed by atoms with Crippen LogP contribution >= 0.6 is 11.6 Å². The second-order valence-corrected chi connectivity index (χ2v) is 5.16. The third kappa shape index (κ3) is 3.73. The van der Waals surface area contributed by atoms with Gasteiger partial charge in [-0.05, 0) is 36.6 Å². The van der Waals surface area contributed by atoms with Crippen molar-refractivity contribution in [2.45, 2.75) is 26.3 Å². The molecule has 0 aliphatic carbocycles. The average Bonchev–Trinajstić information content (AvgIpc) is 2.48. The van der Waals surface area contributed by atoms with E-state index in [1.807, 2.05) is 12.1 Å². The number of aryl methyl sites for hydroxylation is 2. The molecule has 0 bridgehead atoms. The number of halogens is 1. The first-order valence-electron chi connectivity index (χ1n) is 6.53. The van der Waals surface area contributed by atoms with Gasteiger partial charge < -0.3 is 4.74 Å². The first kappa shape index (κ1) is 15.3. The number of ether oxygens (including phenoxy) is 1. The molecule has 0 spiro atoms. The van der Waals surface area contributed by atoms with Gasteiger partial charge in [-0.3, -0.25) is 10.1 Å². The summed E-state index contributed by atoms with van der Waals surface area (Å²) in [6.07, 6.45) is 0. The fourth-order valence-electron chi connectivity index (χ4n) is 1.98. The van der Waals surface area contributed by atoms with E-state index in [-0.39, 0.29) is 11.6 Å².